The van der Waals surface area contributed by atoms with Crippen molar-refractivity contribution in [1.82, 2.24) is 23.8 Å². The monoisotopic (exact) mass is 549 g/mol. The molecule has 39 heavy (non-hydrogen) atoms. The SMILES string of the molecule is Cn1c(CN2CC3C[C@@H](C2)c2cccc(=O)n2C3)cc(=O)c(O)c1CN1CCN(Cc2ccccc2Cl)CC1. The third-order valence-corrected chi connectivity index (χ3v) is 9.14. The van der Waals surface area contributed by atoms with Crippen LogP contribution in [0.4, 0.5) is 0 Å². The Balaban J connectivity index is 1.13. The molecular weight excluding hydrogens is 514 g/mol. The van der Waals surface area contributed by atoms with Gasteiger partial charge in [-0.2, -0.15) is 0 Å². The molecule has 8 nitrogen and oxygen atoms in total. The Morgan fingerprint density at radius 2 is 1.62 bits per heavy atom. The van der Waals surface area contributed by atoms with Crippen LogP contribution in [0.25, 0.3) is 0 Å². The number of halogens is 1. The Hall–Kier alpha value is -2.91. The molecule has 9 heteroatoms. The van der Waals surface area contributed by atoms with Crippen LogP contribution in [0.2, 0.25) is 5.02 Å². The maximum Gasteiger partial charge on any atom is 0.250 e. The van der Waals surface area contributed by atoms with Crippen LogP contribution < -0.4 is 11.0 Å². The summed E-state index contributed by atoms with van der Waals surface area (Å²) in [7, 11) is 1.96. The number of piperidine rings is 1. The number of rotatable bonds is 6. The van der Waals surface area contributed by atoms with Crippen molar-refractivity contribution < 1.29 is 5.11 Å². The van der Waals surface area contributed by atoms with E-state index in [9.17, 15) is 14.7 Å². The Morgan fingerprint density at radius 1 is 0.872 bits per heavy atom. The van der Waals surface area contributed by atoms with Gasteiger partial charge in [0, 0.05) is 107 Å². The smallest absolute Gasteiger partial charge is 0.250 e. The Labute approximate surface area is 233 Å². The van der Waals surface area contributed by atoms with Gasteiger partial charge in [-0.3, -0.25) is 24.3 Å². The lowest BCUT2D eigenvalue weighted by molar-refractivity contribution is 0.110. The number of aromatic hydroxyl groups is 1. The van der Waals surface area contributed by atoms with Gasteiger partial charge in [0.15, 0.2) is 5.75 Å². The van der Waals surface area contributed by atoms with Gasteiger partial charge in [-0.25, -0.2) is 0 Å². The minimum atomic E-state index is -0.315. The van der Waals surface area contributed by atoms with Crippen LogP contribution in [0.15, 0.2) is 58.1 Å². The third-order valence-electron chi connectivity index (χ3n) is 8.77. The Morgan fingerprint density at radius 3 is 2.38 bits per heavy atom. The zero-order valence-electron chi connectivity index (χ0n) is 22.4. The summed E-state index contributed by atoms with van der Waals surface area (Å²) >= 11 is 6.36. The molecule has 0 radical (unpaired) electrons. The summed E-state index contributed by atoms with van der Waals surface area (Å²) in [6, 6.07) is 15.1. The molecule has 2 aromatic heterocycles. The number of benzene rings is 1. The van der Waals surface area contributed by atoms with Gasteiger partial charge in [0.25, 0.3) is 5.56 Å². The van der Waals surface area contributed by atoms with Crippen molar-refractivity contribution in [2.45, 2.75) is 38.5 Å². The first-order valence-corrected chi connectivity index (χ1v) is 14.2. The van der Waals surface area contributed by atoms with Crippen LogP contribution in [0.5, 0.6) is 5.75 Å². The average molecular weight is 550 g/mol. The van der Waals surface area contributed by atoms with Gasteiger partial charge in [-0.1, -0.05) is 35.9 Å². The molecule has 0 amide bonds. The van der Waals surface area contributed by atoms with Gasteiger partial charge in [0.2, 0.25) is 5.43 Å². The normalized spacial score (nSPS) is 22.1. The fourth-order valence-corrected chi connectivity index (χ4v) is 6.86. The minimum Gasteiger partial charge on any atom is -0.503 e. The summed E-state index contributed by atoms with van der Waals surface area (Å²) in [6.45, 7) is 8.04. The molecule has 6 rings (SSSR count). The van der Waals surface area contributed by atoms with E-state index in [1.54, 1.807) is 12.1 Å². The highest BCUT2D eigenvalue weighted by molar-refractivity contribution is 6.31. The lowest BCUT2D eigenvalue weighted by Gasteiger charge is -2.43. The standard InChI is InChI=1S/C30H36ClN5O3/c1-32-24(19-35-15-21-13-23(18-35)26-7-4-8-29(38)36(26)16-21)14-28(37)30(39)27(32)20-34-11-9-33(10-12-34)17-22-5-2-3-6-25(22)31/h2-8,14,21,23,39H,9-13,15-20H2,1H3/t21?,23-/m0/s1. The molecule has 0 aliphatic carbocycles. The van der Waals surface area contributed by atoms with E-state index < -0.39 is 0 Å². The molecule has 1 unspecified atom stereocenters. The zero-order valence-corrected chi connectivity index (χ0v) is 23.2. The minimum absolute atomic E-state index is 0.0888. The molecule has 0 spiro atoms. The van der Waals surface area contributed by atoms with Gasteiger partial charge in [0.1, 0.15) is 0 Å². The summed E-state index contributed by atoms with van der Waals surface area (Å²) in [6.07, 6.45) is 1.10. The number of aromatic nitrogens is 2. The first kappa shape index (κ1) is 26.3. The lowest BCUT2D eigenvalue weighted by Crippen LogP contribution is -2.47. The van der Waals surface area contributed by atoms with E-state index >= 15 is 0 Å². The van der Waals surface area contributed by atoms with Crippen molar-refractivity contribution in [3.63, 3.8) is 0 Å². The summed E-state index contributed by atoms with van der Waals surface area (Å²) in [4.78, 5) is 32.3. The molecule has 206 valence electrons. The van der Waals surface area contributed by atoms with Crippen LogP contribution in [0.3, 0.4) is 0 Å². The van der Waals surface area contributed by atoms with E-state index in [1.165, 1.54) is 0 Å². The molecule has 5 heterocycles. The summed E-state index contributed by atoms with van der Waals surface area (Å²) in [5, 5.41) is 11.6. The first-order chi connectivity index (χ1) is 18.9. The predicted molar refractivity (Wildman–Crippen MR) is 152 cm³/mol. The largest absolute Gasteiger partial charge is 0.503 e. The molecule has 2 atom stereocenters. The fourth-order valence-electron chi connectivity index (χ4n) is 6.66. The average Bonchev–Trinajstić information content (AvgIpc) is 2.92. The highest BCUT2D eigenvalue weighted by Crippen LogP contribution is 2.35. The van der Waals surface area contributed by atoms with Gasteiger partial charge < -0.3 is 14.2 Å². The van der Waals surface area contributed by atoms with Crippen LogP contribution in [0, 0.1) is 5.92 Å². The highest BCUT2D eigenvalue weighted by Gasteiger charge is 2.34. The molecule has 1 aromatic carbocycles. The van der Waals surface area contributed by atoms with E-state index in [0.717, 1.165) is 80.8 Å². The predicted octanol–water partition coefficient (Wildman–Crippen LogP) is 2.84. The van der Waals surface area contributed by atoms with Crippen molar-refractivity contribution in [3.8, 4) is 5.75 Å². The molecule has 3 aliphatic heterocycles. The molecule has 3 aromatic rings. The van der Waals surface area contributed by atoms with Crippen LogP contribution >= 0.6 is 11.6 Å². The number of piperazine rings is 1. The molecule has 2 saturated heterocycles. The highest BCUT2D eigenvalue weighted by atomic mass is 35.5. The second-order valence-electron chi connectivity index (χ2n) is 11.4. The number of nitrogens with zero attached hydrogens (tertiary/aromatic N) is 5. The summed E-state index contributed by atoms with van der Waals surface area (Å²) in [5.41, 5.74) is 3.62. The maximum atomic E-state index is 12.8. The van der Waals surface area contributed by atoms with Crippen LogP contribution in [-0.2, 0) is 33.2 Å². The number of pyridine rings is 2. The molecule has 0 saturated carbocycles. The Bertz CT molecular complexity index is 1480. The molecular formula is C30H36ClN5O3. The van der Waals surface area contributed by atoms with Crippen molar-refractivity contribution in [1.29, 1.82) is 0 Å². The fraction of sp³-hybridized carbons (Fsp3) is 0.467. The Kier molecular flexibility index (Phi) is 7.37. The van der Waals surface area contributed by atoms with Crippen LogP contribution in [-0.4, -0.2) is 68.2 Å². The van der Waals surface area contributed by atoms with Crippen LogP contribution in [0.1, 0.15) is 35.0 Å². The van der Waals surface area contributed by atoms with Gasteiger partial charge >= 0.3 is 0 Å². The maximum absolute atomic E-state index is 12.8. The molecule has 2 bridgehead atoms. The number of hydrogen-bond acceptors (Lipinski definition) is 6. The quantitative estimate of drug-likeness (QED) is 0.510. The van der Waals surface area contributed by atoms with Crippen molar-refractivity contribution in [2.24, 2.45) is 13.0 Å². The number of hydrogen-bond donors (Lipinski definition) is 1. The van der Waals surface area contributed by atoms with Gasteiger partial charge in [-0.05, 0) is 30.0 Å². The second-order valence-corrected chi connectivity index (χ2v) is 11.8. The van der Waals surface area contributed by atoms with E-state index in [0.29, 0.717) is 30.6 Å². The number of fused-ring (bicyclic) bond motifs is 4. The molecule has 2 fully saturated rings. The topological polar surface area (TPSA) is 73.9 Å². The lowest BCUT2D eigenvalue weighted by atomic mass is 9.83. The van der Waals surface area contributed by atoms with Crippen molar-refractivity contribution in [3.05, 3.63) is 96.8 Å². The van der Waals surface area contributed by atoms with Gasteiger partial charge in [-0.15, -0.1) is 0 Å². The number of likely N-dealkylation sites (tertiary alicyclic amines) is 1. The first-order valence-electron chi connectivity index (χ1n) is 13.9. The molecule has 3 aliphatic rings. The summed E-state index contributed by atoms with van der Waals surface area (Å²) < 4.78 is 3.95. The summed E-state index contributed by atoms with van der Waals surface area (Å²) in [5.74, 6) is 0.595. The van der Waals surface area contributed by atoms with Crippen molar-refractivity contribution in [2.75, 3.05) is 39.3 Å². The molecule has 1 N–H and O–H groups in total. The van der Waals surface area contributed by atoms with E-state index in [4.69, 9.17) is 11.6 Å². The second kappa shape index (κ2) is 10.9. The van der Waals surface area contributed by atoms with E-state index in [-0.39, 0.29) is 16.7 Å². The third kappa shape index (κ3) is 5.43. The van der Waals surface area contributed by atoms with Crippen molar-refractivity contribution >= 4 is 11.6 Å². The van der Waals surface area contributed by atoms with Gasteiger partial charge in [0.05, 0.1) is 5.69 Å². The zero-order chi connectivity index (χ0) is 27.1. The van der Waals surface area contributed by atoms with E-state index in [2.05, 4.69) is 26.8 Å². The van der Waals surface area contributed by atoms with E-state index in [1.807, 2.05) is 40.4 Å².